The zero-order chi connectivity index (χ0) is 28.6. The van der Waals surface area contributed by atoms with Crippen molar-refractivity contribution in [3.63, 3.8) is 0 Å². The maximum Gasteiger partial charge on any atom is 0.344 e. The highest BCUT2D eigenvalue weighted by molar-refractivity contribution is 8.18. The fourth-order valence-electron chi connectivity index (χ4n) is 3.88. The van der Waals surface area contributed by atoms with Crippen LogP contribution in [0, 0.1) is 6.92 Å². The molecule has 0 fully saturated rings. The number of thioether (sulfide) groups is 1. The zero-order valence-corrected chi connectivity index (χ0v) is 23.8. The molecule has 0 aromatic heterocycles. The van der Waals surface area contributed by atoms with Gasteiger partial charge in [-0.05, 0) is 62.2 Å². The second kappa shape index (κ2) is 13.4. The van der Waals surface area contributed by atoms with Crippen LogP contribution in [0.25, 0.3) is 6.08 Å². The van der Waals surface area contributed by atoms with Crippen molar-refractivity contribution < 1.29 is 28.9 Å². The lowest BCUT2D eigenvalue weighted by Gasteiger charge is -2.13. The van der Waals surface area contributed by atoms with Gasteiger partial charge in [0.2, 0.25) is 0 Å². The third-order valence-corrected chi connectivity index (χ3v) is 7.24. The molecule has 0 saturated carbocycles. The smallest absolute Gasteiger partial charge is 0.344 e. The van der Waals surface area contributed by atoms with Crippen LogP contribution in [0.4, 0.5) is 0 Å². The maximum atomic E-state index is 12.9. The van der Waals surface area contributed by atoms with Crippen LogP contribution in [-0.4, -0.2) is 35.2 Å². The van der Waals surface area contributed by atoms with E-state index >= 15 is 0 Å². The molecule has 3 aromatic carbocycles. The second-order valence-corrected chi connectivity index (χ2v) is 10.0. The van der Waals surface area contributed by atoms with Crippen LogP contribution in [-0.2, 0) is 16.1 Å². The van der Waals surface area contributed by atoms with Gasteiger partial charge in [0, 0.05) is 16.1 Å². The third-order valence-electron chi connectivity index (χ3n) is 5.86. The molecule has 9 heteroatoms. The van der Waals surface area contributed by atoms with E-state index in [2.05, 4.69) is 4.99 Å². The van der Waals surface area contributed by atoms with Gasteiger partial charge >= 0.3 is 5.97 Å². The molecule has 206 valence electrons. The predicted molar refractivity (Wildman–Crippen MR) is 158 cm³/mol. The van der Waals surface area contributed by atoms with Crippen LogP contribution in [0.2, 0.25) is 5.02 Å². The first-order valence-corrected chi connectivity index (χ1v) is 13.8. The number of ether oxygens (including phenoxy) is 3. The number of aliphatic imine (C=N–C) groups is 1. The Hall–Kier alpha value is -4.01. The number of aliphatic hydroxyl groups excluding tert-OH is 1. The van der Waals surface area contributed by atoms with Crippen molar-refractivity contribution in [1.82, 2.24) is 0 Å². The van der Waals surface area contributed by atoms with E-state index in [1.807, 2.05) is 31.2 Å². The molecule has 1 aliphatic heterocycles. The van der Waals surface area contributed by atoms with Crippen molar-refractivity contribution in [1.29, 1.82) is 0 Å². The van der Waals surface area contributed by atoms with Crippen LogP contribution in [0.3, 0.4) is 0 Å². The molecule has 0 spiro atoms. The molecule has 0 saturated heterocycles. The first-order valence-electron chi connectivity index (χ1n) is 12.6. The van der Waals surface area contributed by atoms with E-state index < -0.39 is 11.9 Å². The van der Waals surface area contributed by atoms with Crippen molar-refractivity contribution in [2.75, 3.05) is 13.2 Å². The summed E-state index contributed by atoms with van der Waals surface area (Å²) in [6.45, 7) is 6.10. The number of hydrogen-bond acceptors (Lipinski definition) is 7. The van der Waals surface area contributed by atoms with Crippen LogP contribution < -0.4 is 9.47 Å². The summed E-state index contributed by atoms with van der Waals surface area (Å²) in [5.41, 5.74) is 2.53. The quantitative estimate of drug-likeness (QED) is 0.266. The number of benzene rings is 3. The summed E-state index contributed by atoms with van der Waals surface area (Å²) in [5.74, 6) is -0.553. The Kier molecular flexibility index (Phi) is 9.69. The Balaban J connectivity index is 1.65. The number of carbonyl (C=O) groups is 2. The maximum absolute atomic E-state index is 12.9. The lowest BCUT2D eigenvalue weighted by Crippen LogP contribution is -2.14. The van der Waals surface area contributed by atoms with Crippen LogP contribution in [0.15, 0.2) is 88.0 Å². The van der Waals surface area contributed by atoms with E-state index in [-0.39, 0.29) is 29.6 Å². The minimum atomic E-state index is -0.759. The molecule has 1 N–H and O–H groups in total. The topological polar surface area (TPSA) is 94.4 Å². The van der Waals surface area contributed by atoms with Gasteiger partial charge in [0.1, 0.15) is 23.0 Å². The zero-order valence-electron chi connectivity index (χ0n) is 22.3. The fourth-order valence-corrected chi connectivity index (χ4v) is 5.08. The van der Waals surface area contributed by atoms with Gasteiger partial charge in [0.25, 0.3) is 5.91 Å². The summed E-state index contributed by atoms with van der Waals surface area (Å²) in [7, 11) is 0. The Labute approximate surface area is 242 Å². The Morgan fingerprint density at radius 3 is 2.45 bits per heavy atom. The van der Waals surface area contributed by atoms with Crippen molar-refractivity contribution in [2.45, 2.75) is 27.4 Å². The lowest BCUT2D eigenvalue weighted by atomic mass is 10.1. The Morgan fingerprint density at radius 2 is 1.73 bits per heavy atom. The summed E-state index contributed by atoms with van der Waals surface area (Å²) in [6.07, 6.45) is 1.68. The summed E-state index contributed by atoms with van der Waals surface area (Å²) in [6, 6.07) is 19.8. The van der Waals surface area contributed by atoms with Gasteiger partial charge in [-0.15, -0.1) is 0 Å². The molecule has 0 aliphatic carbocycles. The van der Waals surface area contributed by atoms with Crippen molar-refractivity contribution >= 4 is 46.4 Å². The second-order valence-electron chi connectivity index (χ2n) is 8.61. The van der Waals surface area contributed by atoms with Gasteiger partial charge < -0.3 is 19.3 Å². The molecule has 0 atom stereocenters. The van der Waals surface area contributed by atoms with Gasteiger partial charge in [-0.3, -0.25) is 4.79 Å². The van der Waals surface area contributed by atoms with Crippen molar-refractivity contribution in [2.24, 2.45) is 4.99 Å². The van der Waals surface area contributed by atoms with Gasteiger partial charge in [-0.2, -0.15) is 0 Å². The van der Waals surface area contributed by atoms with Gasteiger partial charge in [0.05, 0.1) is 18.1 Å². The minimum Gasteiger partial charge on any atom is -0.506 e. The number of carbonyl (C=O) groups excluding carboxylic acids is 2. The molecule has 0 radical (unpaired) electrons. The summed E-state index contributed by atoms with van der Waals surface area (Å²) >= 11 is 7.27. The Bertz CT molecular complexity index is 1530. The number of esters is 1. The van der Waals surface area contributed by atoms with Crippen molar-refractivity contribution in [3.8, 4) is 11.5 Å². The highest BCUT2D eigenvalue weighted by Crippen LogP contribution is 2.40. The van der Waals surface area contributed by atoms with E-state index in [1.54, 1.807) is 62.4 Å². The number of rotatable bonds is 9. The van der Waals surface area contributed by atoms with Gasteiger partial charge in [0.15, 0.2) is 11.5 Å². The average Bonchev–Trinajstić information content (AvgIpc) is 3.23. The first-order chi connectivity index (χ1) is 19.3. The van der Waals surface area contributed by atoms with Crippen molar-refractivity contribution in [3.05, 3.63) is 110 Å². The molecule has 1 aliphatic rings. The van der Waals surface area contributed by atoms with Gasteiger partial charge in [-0.25, -0.2) is 9.79 Å². The monoisotopic (exact) mass is 577 g/mol. The first kappa shape index (κ1) is 29.0. The predicted octanol–water partition coefficient (Wildman–Crippen LogP) is 7.33. The summed E-state index contributed by atoms with van der Waals surface area (Å²) in [4.78, 5) is 30.2. The molecule has 0 bridgehead atoms. The molecule has 3 aromatic rings. The number of hydrogen-bond donors (Lipinski definition) is 1. The lowest BCUT2D eigenvalue weighted by molar-refractivity contribution is -0.138. The number of amides is 1. The number of halogens is 1. The van der Waals surface area contributed by atoms with E-state index in [0.717, 1.165) is 22.9 Å². The third kappa shape index (κ3) is 6.76. The summed E-state index contributed by atoms with van der Waals surface area (Å²) < 4.78 is 16.9. The standard InChI is InChI=1S/C31H28ClNO6S/c1-4-37-25-16-20(14-15-24(25)39-18-21-11-7-9-13-23(21)32)17-26-28(34)27(31(36)38-5-2)30(40-26)33-29(35)22-12-8-6-10-19(22)3/h6-17,34H,4-5,18H2,1-3H3/b26-17-,33-30?. The largest absolute Gasteiger partial charge is 0.506 e. The molecule has 40 heavy (non-hydrogen) atoms. The van der Waals surface area contributed by atoms with E-state index in [1.165, 1.54) is 0 Å². The van der Waals surface area contributed by atoms with E-state index in [0.29, 0.717) is 39.2 Å². The number of aliphatic hydroxyl groups is 1. The average molecular weight is 578 g/mol. The van der Waals surface area contributed by atoms with Crippen LogP contribution in [0.1, 0.15) is 40.9 Å². The molecule has 4 rings (SSSR count). The molecule has 7 nitrogen and oxygen atoms in total. The number of nitrogens with zero attached hydrogens (tertiary/aromatic N) is 1. The molecule has 0 unspecified atom stereocenters. The molecule has 1 amide bonds. The highest BCUT2D eigenvalue weighted by Gasteiger charge is 2.34. The molecule has 1 heterocycles. The minimum absolute atomic E-state index is 0.0696. The highest BCUT2D eigenvalue weighted by atomic mass is 35.5. The van der Waals surface area contributed by atoms with E-state index in [9.17, 15) is 14.7 Å². The van der Waals surface area contributed by atoms with Gasteiger partial charge in [-0.1, -0.05) is 65.8 Å². The summed E-state index contributed by atoms with van der Waals surface area (Å²) in [5, 5.41) is 11.7. The van der Waals surface area contributed by atoms with Crippen LogP contribution >= 0.6 is 23.4 Å². The SMILES string of the molecule is CCOC(=O)C1=C(O)/C(=C/c2ccc(OCc3ccccc3Cl)c(OCC)c2)SC1=NC(=O)c1ccccc1C. The van der Waals surface area contributed by atoms with Crippen LogP contribution in [0.5, 0.6) is 11.5 Å². The Morgan fingerprint density at radius 1 is 0.975 bits per heavy atom. The fraction of sp³-hybridized carbons (Fsp3) is 0.194. The molecular formula is C31H28ClNO6S. The molecular weight excluding hydrogens is 550 g/mol. The number of aryl methyl sites for hydroxylation is 1. The van der Waals surface area contributed by atoms with E-state index in [4.69, 9.17) is 25.8 Å². The normalized spacial score (nSPS) is 15.0.